The Labute approximate surface area is 131 Å². The van der Waals surface area contributed by atoms with Crippen LogP contribution >= 0.6 is 0 Å². The molecule has 0 spiro atoms. The van der Waals surface area contributed by atoms with E-state index in [1.807, 2.05) is 18.2 Å². The molecule has 0 saturated heterocycles. The molecule has 0 heterocycles. The topological polar surface area (TPSA) is 51.2 Å². The van der Waals surface area contributed by atoms with E-state index in [0.29, 0.717) is 12.0 Å². The van der Waals surface area contributed by atoms with Gasteiger partial charge in [0, 0.05) is 6.42 Å². The Bertz CT molecular complexity index is 775. The van der Waals surface area contributed by atoms with Crippen LogP contribution in [0.1, 0.15) is 24.5 Å². The van der Waals surface area contributed by atoms with Crippen molar-refractivity contribution in [2.24, 2.45) is 0 Å². The number of carbonyl (C=O) groups excluding carboxylic acids is 1. The highest BCUT2D eigenvalue weighted by Gasteiger charge is 2.15. The summed E-state index contributed by atoms with van der Waals surface area (Å²) in [6, 6.07) is 15.7. The third kappa shape index (κ3) is 4.40. The molecule has 0 atom stereocenters. The molecule has 0 aliphatic carbocycles. The minimum Gasteiger partial charge on any atom is -0.295 e. The number of rotatable bonds is 6. The summed E-state index contributed by atoms with van der Waals surface area (Å²) in [4.78, 5) is 11.6. The maximum atomic E-state index is 12.5. The average molecular weight is 314 g/mol. The summed E-state index contributed by atoms with van der Waals surface area (Å²) in [6.45, 7) is 1.79. The minimum absolute atomic E-state index is 0.0116. The first-order valence-corrected chi connectivity index (χ1v) is 8.74. The van der Waals surface area contributed by atoms with Gasteiger partial charge in [0.25, 0.3) is 0 Å². The molecule has 0 amide bonds. The molecule has 2 aromatic carbocycles. The zero-order valence-corrected chi connectivity index (χ0v) is 13.2. The van der Waals surface area contributed by atoms with Gasteiger partial charge in [0.15, 0.2) is 15.6 Å². The fourth-order valence-electron chi connectivity index (χ4n) is 2.00. The molecular weight excluding hydrogens is 296 g/mol. The Hall–Kier alpha value is -2.20. The van der Waals surface area contributed by atoms with E-state index in [4.69, 9.17) is 0 Å². The highest BCUT2D eigenvalue weighted by molar-refractivity contribution is 7.90. The van der Waals surface area contributed by atoms with Crippen LogP contribution in [-0.4, -0.2) is 14.2 Å². The molecular formula is C18H18O3S. The second kappa shape index (κ2) is 7.18. The van der Waals surface area contributed by atoms with E-state index in [1.165, 1.54) is 6.08 Å². The van der Waals surface area contributed by atoms with Gasteiger partial charge in [-0.25, -0.2) is 8.42 Å². The maximum absolute atomic E-state index is 12.5. The van der Waals surface area contributed by atoms with Gasteiger partial charge in [0.1, 0.15) is 0 Å². The molecule has 0 unspecified atom stereocenters. The monoisotopic (exact) mass is 314 g/mol. The molecule has 114 valence electrons. The Morgan fingerprint density at radius 3 is 2.45 bits per heavy atom. The molecule has 2 aromatic rings. The largest absolute Gasteiger partial charge is 0.295 e. The molecule has 0 radical (unpaired) electrons. The predicted octanol–water partition coefficient (Wildman–Crippen LogP) is 3.65. The lowest BCUT2D eigenvalue weighted by Crippen LogP contribution is -2.05. The van der Waals surface area contributed by atoms with Crippen LogP contribution in [0.5, 0.6) is 0 Å². The molecule has 0 saturated carbocycles. The summed E-state index contributed by atoms with van der Waals surface area (Å²) in [5, 5.41) is 0. The van der Waals surface area contributed by atoms with Gasteiger partial charge in [0.2, 0.25) is 0 Å². The van der Waals surface area contributed by atoms with E-state index in [9.17, 15) is 13.2 Å². The van der Waals surface area contributed by atoms with E-state index in [-0.39, 0.29) is 16.4 Å². The van der Waals surface area contributed by atoms with Crippen molar-refractivity contribution in [3.8, 4) is 0 Å². The Morgan fingerprint density at radius 2 is 1.77 bits per heavy atom. The first-order chi connectivity index (χ1) is 10.5. The van der Waals surface area contributed by atoms with Crippen molar-refractivity contribution in [1.29, 1.82) is 0 Å². The van der Waals surface area contributed by atoms with E-state index >= 15 is 0 Å². The Kier molecular flexibility index (Phi) is 5.28. The van der Waals surface area contributed by atoms with Crippen LogP contribution in [-0.2, 0) is 20.4 Å². The Balaban J connectivity index is 2.25. The fourth-order valence-corrected chi connectivity index (χ4v) is 3.40. The normalized spacial score (nSPS) is 11.7. The van der Waals surface area contributed by atoms with Gasteiger partial charge < -0.3 is 0 Å². The summed E-state index contributed by atoms with van der Waals surface area (Å²) in [5.41, 5.74) is 1.46. The average Bonchev–Trinajstić information content (AvgIpc) is 2.53. The van der Waals surface area contributed by atoms with Crippen molar-refractivity contribution >= 4 is 21.7 Å². The second-order valence-electron chi connectivity index (χ2n) is 4.97. The molecule has 2 rings (SSSR count). The molecule has 0 aliphatic heterocycles. The van der Waals surface area contributed by atoms with Crippen LogP contribution in [0.3, 0.4) is 0 Å². The highest BCUT2D eigenvalue weighted by Crippen LogP contribution is 2.18. The smallest absolute Gasteiger partial charge is 0.182 e. The van der Waals surface area contributed by atoms with E-state index in [0.717, 1.165) is 5.56 Å². The number of carbonyl (C=O) groups is 1. The zero-order valence-electron chi connectivity index (χ0n) is 12.4. The summed E-state index contributed by atoms with van der Waals surface area (Å²) in [6.07, 6.45) is 3.55. The summed E-state index contributed by atoms with van der Waals surface area (Å²) in [7, 11) is -3.40. The van der Waals surface area contributed by atoms with Gasteiger partial charge in [-0.2, -0.15) is 0 Å². The Morgan fingerprint density at radius 1 is 1.05 bits per heavy atom. The lowest BCUT2D eigenvalue weighted by Gasteiger charge is -2.05. The van der Waals surface area contributed by atoms with Gasteiger partial charge >= 0.3 is 0 Å². The van der Waals surface area contributed by atoms with Gasteiger partial charge in [-0.1, -0.05) is 55.5 Å². The second-order valence-corrected chi connectivity index (χ2v) is 6.96. The first-order valence-electron chi connectivity index (χ1n) is 7.09. The number of allylic oxidation sites excluding steroid dienone is 1. The van der Waals surface area contributed by atoms with E-state index in [1.54, 1.807) is 49.4 Å². The predicted molar refractivity (Wildman–Crippen MR) is 88.1 cm³/mol. The van der Waals surface area contributed by atoms with Gasteiger partial charge in [0.05, 0.1) is 10.6 Å². The van der Waals surface area contributed by atoms with Crippen LogP contribution in [0.25, 0.3) is 6.08 Å². The van der Waals surface area contributed by atoms with Gasteiger partial charge in [-0.15, -0.1) is 0 Å². The quantitative estimate of drug-likeness (QED) is 0.765. The number of hydrogen-bond acceptors (Lipinski definition) is 3. The summed E-state index contributed by atoms with van der Waals surface area (Å²) < 4.78 is 24.9. The van der Waals surface area contributed by atoms with E-state index < -0.39 is 9.84 Å². The van der Waals surface area contributed by atoms with E-state index in [2.05, 4.69) is 0 Å². The SMILES string of the molecule is CCC(=O)/C=C/c1cccc(S(=O)(=O)Cc2ccccc2)c1. The first kappa shape index (κ1) is 16.2. The van der Waals surface area contributed by atoms with Crippen molar-refractivity contribution in [3.05, 3.63) is 71.8 Å². The maximum Gasteiger partial charge on any atom is 0.182 e. The molecule has 0 aliphatic rings. The lowest BCUT2D eigenvalue weighted by molar-refractivity contribution is -0.114. The third-order valence-electron chi connectivity index (χ3n) is 3.23. The van der Waals surface area contributed by atoms with Crippen LogP contribution in [0.15, 0.2) is 65.6 Å². The number of benzene rings is 2. The van der Waals surface area contributed by atoms with Crippen molar-refractivity contribution in [3.63, 3.8) is 0 Å². The molecule has 0 fully saturated rings. The van der Waals surface area contributed by atoms with Crippen LogP contribution in [0.2, 0.25) is 0 Å². The molecule has 0 bridgehead atoms. The number of ketones is 1. The zero-order chi connectivity index (χ0) is 16.0. The van der Waals surface area contributed by atoms with Gasteiger partial charge in [-0.3, -0.25) is 4.79 Å². The molecule has 0 aromatic heterocycles. The van der Waals surface area contributed by atoms with Crippen LogP contribution < -0.4 is 0 Å². The fraction of sp³-hybridized carbons (Fsp3) is 0.167. The molecule has 3 nitrogen and oxygen atoms in total. The third-order valence-corrected chi connectivity index (χ3v) is 4.91. The van der Waals surface area contributed by atoms with Crippen molar-refractivity contribution in [2.45, 2.75) is 24.0 Å². The van der Waals surface area contributed by atoms with Crippen LogP contribution in [0, 0.1) is 0 Å². The summed E-state index contributed by atoms with van der Waals surface area (Å²) >= 11 is 0. The number of sulfone groups is 1. The molecule has 22 heavy (non-hydrogen) atoms. The highest BCUT2D eigenvalue weighted by atomic mass is 32.2. The molecule has 4 heteroatoms. The summed E-state index contributed by atoms with van der Waals surface area (Å²) in [5.74, 6) is -0.0212. The minimum atomic E-state index is -3.40. The number of hydrogen-bond donors (Lipinski definition) is 0. The van der Waals surface area contributed by atoms with Gasteiger partial charge in [-0.05, 0) is 29.3 Å². The van der Waals surface area contributed by atoms with Crippen molar-refractivity contribution in [1.82, 2.24) is 0 Å². The lowest BCUT2D eigenvalue weighted by atomic mass is 10.2. The van der Waals surface area contributed by atoms with Crippen molar-refractivity contribution in [2.75, 3.05) is 0 Å². The van der Waals surface area contributed by atoms with Crippen molar-refractivity contribution < 1.29 is 13.2 Å². The molecule has 0 N–H and O–H groups in total. The van der Waals surface area contributed by atoms with Crippen LogP contribution in [0.4, 0.5) is 0 Å². The standard InChI is InChI=1S/C18H18O3S/c1-2-17(19)12-11-15-9-6-10-18(13-15)22(20,21)14-16-7-4-3-5-8-16/h3-13H,2,14H2,1H3/b12-11+.